The number of phenols is 1. The Morgan fingerprint density at radius 3 is 2.91 bits per heavy atom. The predicted molar refractivity (Wildman–Crippen MR) is 87.6 cm³/mol. The lowest BCUT2D eigenvalue weighted by Crippen LogP contribution is -2.23. The molecule has 0 unspecified atom stereocenters. The summed E-state index contributed by atoms with van der Waals surface area (Å²) < 4.78 is 10.8. The molecule has 0 radical (unpaired) electrons. The van der Waals surface area contributed by atoms with Gasteiger partial charge in [-0.3, -0.25) is 4.90 Å². The van der Waals surface area contributed by atoms with Gasteiger partial charge in [0.05, 0.1) is 12.3 Å². The van der Waals surface area contributed by atoms with Crippen molar-refractivity contribution >= 4 is 0 Å². The van der Waals surface area contributed by atoms with E-state index in [4.69, 9.17) is 9.26 Å². The second kappa shape index (κ2) is 6.62. The zero-order valence-electron chi connectivity index (χ0n) is 14.0. The first-order valence-corrected chi connectivity index (χ1v) is 8.21. The Labute approximate surface area is 136 Å². The molecule has 124 valence electrons. The molecule has 0 bridgehead atoms. The van der Waals surface area contributed by atoms with Crippen molar-refractivity contribution in [3.63, 3.8) is 0 Å². The molecule has 0 spiro atoms. The van der Waals surface area contributed by atoms with Crippen LogP contribution < -0.4 is 4.74 Å². The van der Waals surface area contributed by atoms with E-state index in [1.54, 1.807) is 6.07 Å². The second-order valence-electron chi connectivity index (χ2n) is 6.10. The van der Waals surface area contributed by atoms with Crippen LogP contribution in [0.15, 0.2) is 22.7 Å². The van der Waals surface area contributed by atoms with Gasteiger partial charge in [0.2, 0.25) is 0 Å². The number of ether oxygens (including phenoxy) is 1. The van der Waals surface area contributed by atoms with Crippen LogP contribution in [0.1, 0.15) is 48.4 Å². The SMILES string of the molecule is CCOc1cc(CN2CCC[C@@H]2c2c(C)noc2C)ccc1O. The minimum absolute atomic E-state index is 0.194. The Morgan fingerprint density at radius 2 is 2.22 bits per heavy atom. The van der Waals surface area contributed by atoms with E-state index in [0.29, 0.717) is 18.4 Å². The molecule has 1 fully saturated rings. The first-order chi connectivity index (χ1) is 11.1. The molecule has 1 aromatic heterocycles. The number of likely N-dealkylation sites (tertiary alicyclic amines) is 1. The van der Waals surface area contributed by atoms with Gasteiger partial charge in [-0.15, -0.1) is 0 Å². The van der Waals surface area contributed by atoms with E-state index in [2.05, 4.69) is 10.1 Å². The monoisotopic (exact) mass is 316 g/mol. The number of phenolic OH excluding ortho intramolecular Hbond substituents is 1. The zero-order chi connectivity index (χ0) is 16.4. The molecule has 2 heterocycles. The predicted octanol–water partition coefficient (Wildman–Crippen LogP) is 3.73. The highest BCUT2D eigenvalue weighted by atomic mass is 16.5. The molecule has 5 nitrogen and oxygen atoms in total. The number of hydrogen-bond acceptors (Lipinski definition) is 5. The zero-order valence-corrected chi connectivity index (χ0v) is 14.0. The van der Waals surface area contributed by atoms with Crippen molar-refractivity contribution in [2.75, 3.05) is 13.2 Å². The minimum atomic E-state index is 0.194. The summed E-state index contributed by atoms with van der Waals surface area (Å²) in [7, 11) is 0. The van der Waals surface area contributed by atoms with Gasteiger partial charge in [0, 0.05) is 18.2 Å². The van der Waals surface area contributed by atoms with Gasteiger partial charge in [-0.05, 0) is 57.9 Å². The van der Waals surface area contributed by atoms with Gasteiger partial charge in [-0.1, -0.05) is 11.2 Å². The molecule has 3 rings (SSSR count). The van der Waals surface area contributed by atoms with Gasteiger partial charge in [0.15, 0.2) is 11.5 Å². The molecule has 5 heteroatoms. The number of hydrogen-bond donors (Lipinski definition) is 1. The molecule has 1 aliphatic rings. The summed E-state index contributed by atoms with van der Waals surface area (Å²) in [5.74, 6) is 1.66. The Hall–Kier alpha value is -2.01. The summed E-state index contributed by atoms with van der Waals surface area (Å²) >= 11 is 0. The lowest BCUT2D eigenvalue weighted by molar-refractivity contribution is 0.244. The first kappa shape index (κ1) is 15.9. The number of aryl methyl sites for hydroxylation is 2. The normalized spacial score (nSPS) is 18.5. The highest BCUT2D eigenvalue weighted by Gasteiger charge is 2.30. The van der Waals surface area contributed by atoms with Crippen molar-refractivity contribution in [1.29, 1.82) is 0 Å². The molecule has 23 heavy (non-hydrogen) atoms. The van der Waals surface area contributed by atoms with Crippen molar-refractivity contribution in [1.82, 2.24) is 10.1 Å². The molecular formula is C18H24N2O3. The number of rotatable bonds is 5. The fourth-order valence-corrected chi connectivity index (χ4v) is 3.47. The molecule has 1 aromatic carbocycles. The van der Waals surface area contributed by atoms with Crippen molar-refractivity contribution in [3.8, 4) is 11.5 Å². The van der Waals surface area contributed by atoms with Crippen LogP contribution in [0.25, 0.3) is 0 Å². The van der Waals surface area contributed by atoms with E-state index in [-0.39, 0.29) is 5.75 Å². The van der Waals surface area contributed by atoms with Crippen LogP contribution in [0.3, 0.4) is 0 Å². The molecule has 0 amide bonds. The standard InChI is InChI=1S/C18H24N2O3/c1-4-22-17-10-14(7-8-16(17)21)11-20-9-5-6-15(20)18-12(2)19-23-13(18)3/h7-8,10,15,21H,4-6,9,11H2,1-3H3/t15-/m1/s1. The summed E-state index contributed by atoms with van der Waals surface area (Å²) in [5.41, 5.74) is 3.36. The largest absolute Gasteiger partial charge is 0.504 e. The van der Waals surface area contributed by atoms with Gasteiger partial charge < -0.3 is 14.4 Å². The van der Waals surface area contributed by atoms with E-state index in [1.165, 1.54) is 12.0 Å². The van der Waals surface area contributed by atoms with Crippen molar-refractivity contribution in [2.45, 2.75) is 46.2 Å². The summed E-state index contributed by atoms with van der Waals surface area (Å²) in [4.78, 5) is 2.45. The molecule has 1 N–H and O–H groups in total. The van der Waals surface area contributed by atoms with Gasteiger partial charge in [-0.25, -0.2) is 0 Å². The third-order valence-electron chi connectivity index (χ3n) is 4.50. The first-order valence-electron chi connectivity index (χ1n) is 8.21. The lowest BCUT2D eigenvalue weighted by Gasteiger charge is -2.24. The van der Waals surface area contributed by atoms with E-state index in [9.17, 15) is 5.11 Å². The van der Waals surface area contributed by atoms with E-state index >= 15 is 0 Å². The van der Waals surface area contributed by atoms with Gasteiger partial charge in [0.1, 0.15) is 5.76 Å². The number of nitrogens with zero attached hydrogens (tertiary/aromatic N) is 2. The molecule has 1 atom stereocenters. The van der Waals surface area contributed by atoms with Crippen LogP contribution in [0.5, 0.6) is 11.5 Å². The van der Waals surface area contributed by atoms with Crippen molar-refractivity contribution < 1.29 is 14.4 Å². The summed E-state index contributed by atoms with van der Waals surface area (Å²) in [6.07, 6.45) is 2.30. The van der Waals surface area contributed by atoms with E-state index in [0.717, 1.165) is 36.5 Å². The van der Waals surface area contributed by atoms with Crippen LogP contribution >= 0.6 is 0 Å². The average Bonchev–Trinajstić information content (AvgIpc) is 3.09. The number of benzene rings is 1. The van der Waals surface area contributed by atoms with Crippen LogP contribution in [-0.4, -0.2) is 28.3 Å². The Kier molecular flexibility index (Phi) is 4.57. The van der Waals surface area contributed by atoms with Gasteiger partial charge in [-0.2, -0.15) is 0 Å². The Bertz CT molecular complexity index is 661. The fraction of sp³-hybridized carbons (Fsp3) is 0.500. The summed E-state index contributed by atoms with van der Waals surface area (Å²) in [6, 6.07) is 5.95. The maximum atomic E-state index is 9.84. The van der Waals surface area contributed by atoms with Gasteiger partial charge >= 0.3 is 0 Å². The third kappa shape index (κ3) is 3.20. The van der Waals surface area contributed by atoms with Crippen molar-refractivity contribution in [2.24, 2.45) is 0 Å². The maximum absolute atomic E-state index is 9.84. The van der Waals surface area contributed by atoms with E-state index < -0.39 is 0 Å². The summed E-state index contributed by atoms with van der Waals surface area (Å²) in [6.45, 7) is 8.34. The second-order valence-corrected chi connectivity index (χ2v) is 6.10. The minimum Gasteiger partial charge on any atom is -0.504 e. The average molecular weight is 316 g/mol. The van der Waals surface area contributed by atoms with Crippen LogP contribution in [0, 0.1) is 13.8 Å². The van der Waals surface area contributed by atoms with Crippen LogP contribution in [0.2, 0.25) is 0 Å². The fourth-order valence-electron chi connectivity index (χ4n) is 3.47. The van der Waals surface area contributed by atoms with Crippen LogP contribution in [0.4, 0.5) is 0 Å². The van der Waals surface area contributed by atoms with E-state index in [1.807, 2.05) is 32.9 Å². The Morgan fingerprint density at radius 1 is 1.39 bits per heavy atom. The smallest absolute Gasteiger partial charge is 0.161 e. The maximum Gasteiger partial charge on any atom is 0.161 e. The topological polar surface area (TPSA) is 58.7 Å². The molecule has 1 aliphatic heterocycles. The quantitative estimate of drug-likeness (QED) is 0.910. The number of aromatic nitrogens is 1. The summed E-state index contributed by atoms with van der Waals surface area (Å²) in [5, 5.41) is 13.9. The molecule has 2 aromatic rings. The molecule has 0 aliphatic carbocycles. The molecule has 0 saturated carbocycles. The molecule has 1 saturated heterocycles. The Balaban J connectivity index is 1.80. The number of aromatic hydroxyl groups is 1. The van der Waals surface area contributed by atoms with Crippen molar-refractivity contribution in [3.05, 3.63) is 40.8 Å². The highest BCUT2D eigenvalue weighted by molar-refractivity contribution is 5.42. The molecular weight excluding hydrogens is 292 g/mol. The lowest BCUT2D eigenvalue weighted by atomic mass is 10.0. The third-order valence-corrected chi connectivity index (χ3v) is 4.50. The van der Waals surface area contributed by atoms with Crippen LogP contribution in [-0.2, 0) is 6.54 Å². The van der Waals surface area contributed by atoms with Gasteiger partial charge in [0.25, 0.3) is 0 Å². The highest BCUT2D eigenvalue weighted by Crippen LogP contribution is 2.37.